The second-order valence-electron chi connectivity index (χ2n) is 8.80. The average Bonchev–Trinajstić information content (AvgIpc) is 3.54. The van der Waals surface area contributed by atoms with Crippen molar-refractivity contribution in [2.45, 2.75) is 32.7 Å². The summed E-state index contributed by atoms with van der Waals surface area (Å²) in [5, 5.41) is 10.7. The minimum absolute atomic E-state index is 0.0398. The van der Waals surface area contributed by atoms with Gasteiger partial charge in [0.1, 0.15) is 0 Å². The third-order valence-corrected chi connectivity index (χ3v) is 6.22. The summed E-state index contributed by atoms with van der Waals surface area (Å²) in [5.41, 5.74) is 3.17. The Kier molecular flexibility index (Phi) is 5.97. The molecule has 0 saturated carbocycles. The summed E-state index contributed by atoms with van der Waals surface area (Å²) in [4.78, 5) is 29.0. The number of amides is 1. The molecule has 2 N–H and O–H groups in total. The maximum Gasteiger partial charge on any atom is 0.233 e. The zero-order chi connectivity index (χ0) is 23.7. The number of aromatic nitrogens is 6. The highest BCUT2D eigenvalue weighted by atomic mass is 16.2. The first-order valence-corrected chi connectivity index (χ1v) is 11.6. The summed E-state index contributed by atoms with van der Waals surface area (Å²) in [6.07, 6.45) is 7.04. The number of carbonyl (C=O) groups is 1. The highest BCUT2D eigenvalue weighted by molar-refractivity contribution is 5.94. The van der Waals surface area contributed by atoms with E-state index in [4.69, 9.17) is 9.97 Å². The van der Waals surface area contributed by atoms with Crippen molar-refractivity contribution in [2.75, 3.05) is 30.4 Å². The lowest BCUT2D eigenvalue weighted by molar-refractivity contribution is -0.120. The molecule has 1 aromatic carbocycles. The van der Waals surface area contributed by atoms with Crippen LogP contribution >= 0.6 is 0 Å². The normalized spacial score (nSPS) is 14.6. The molecule has 0 spiro atoms. The molecule has 1 fully saturated rings. The zero-order valence-corrected chi connectivity index (χ0v) is 19.6. The Morgan fingerprint density at radius 3 is 2.71 bits per heavy atom. The van der Waals surface area contributed by atoms with Crippen molar-refractivity contribution in [1.82, 2.24) is 34.6 Å². The maximum atomic E-state index is 13.0. The quantitative estimate of drug-likeness (QED) is 0.456. The summed E-state index contributed by atoms with van der Waals surface area (Å²) in [7, 11) is 1.94. The van der Waals surface area contributed by atoms with E-state index in [0.717, 1.165) is 37.3 Å². The molecule has 34 heavy (non-hydrogen) atoms. The summed E-state index contributed by atoms with van der Waals surface area (Å²) in [6.45, 7) is 5.84. The predicted molar refractivity (Wildman–Crippen MR) is 132 cm³/mol. The lowest BCUT2D eigenvalue weighted by Gasteiger charge is -2.23. The van der Waals surface area contributed by atoms with E-state index in [-0.39, 0.29) is 23.8 Å². The minimum atomic E-state index is -0.0442. The van der Waals surface area contributed by atoms with Crippen LogP contribution in [0.4, 0.5) is 17.5 Å². The first-order valence-electron chi connectivity index (χ1n) is 11.6. The number of hydrogen-bond acceptors (Lipinski definition) is 7. The lowest BCUT2D eigenvalue weighted by Crippen LogP contribution is -2.35. The van der Waals surface area contributed by atoms with Crippen molar-refractivity contribution >= 4 is 34.5 Å². The largest absolute Gasteiger partial charge is 0.326 e. The highest BCUT2D eigenvalue weighted by Gasteiger charge is 2.24. The number of nitrogens with one attached hydrogen (secondary N) is 2. The number of imidazole rings is 1. The average molecular weight is 460 g/mol. The molecule has 0 unspecified atom stereocenters. The number of anilines is 3. The Bertz CT molecular complexity index is 1290. The van der Waals surface area contributed by atoms with Gasteiger partial charge in [-0.25, -0.2) is 9.67 Å². The van der Waals surface area contributed by atoms with Gasteiger partial charge >= 0.3 is 0 Å². The molecule has 4 aromatic rings. The van der Waals surface area contributed by atoms with E-state index in [1.165, 1.54) is 0 Å². The highest BCUT2D eigenvalue weighted by Crippen LogP contribution is 2.33. The van der Waals surface area contributed by atoms with Crippen LogP contribution in [0.2, 0.25) is 0 Å². The first-order chi connectivity index (χ1) is 16.5. The van der Waals surface area contributed by atoms with E-state index in [1.54, 1.807) is 12.5 Å². The Labute approximate surface area is 198 Å². The molecule has 10 heteroatoms. The van der Waals surface area contributed by atoms with Crippen molar-refractivity contribution < 1.29 is 4.79 Å². The summed E-state index contributed by atoms with van der Waals surface area (Å²) in [5.74, 6) is 0.820. The van der Waals surface area contributed by atoms with Gasteiger partial charge < -0.3 is 14.8 Å². The smallest absolute Gasteiger partial charge is 0.233 e. The zero-order valence-electron chi connectivity index (χ0n) is 19.6. The molecule has 0 bridgehead atoms. The van der Waals surface area contributed by atoms with Crippen LogP contribution in [0.5, 0.6) is 0 Å². The minimum Gasteiger partial charge on any atom is -0.326 e. The van der Waals surface area contributed by atoms with E-state index in [2.05, 4.69) is 34.6 Å². The van der Waals surface area contributed by atoms with Crippen molar-refractivity contribution in [3.63, 3.8) is 0 Å². The van der Waals surface area contributed by atoms with Crippen LogP contribution in [0.15, 0.2) is 49.1 Å². The third kappa shape index (κ3) is 4.12. The molecule has 4 heterocycles. The van der Waals surface area contributed by atoms with Gasteiger partial charge in [0, 0.05) is 31.4 Å². The number of rotatable bonds is 6. The van der Waals surface area contributed by atoms with Gasteiger partial charge in [-0.3, -0.25) is 10.1 Å². The van der Waals surface area contributed by atoms with Crippen LogP contribution in [0.1, 0.15) is 32.7 Å². The molecule has 1 aliphatic heterocycles. The number of piperidine rings is 1. The van der Waals surface area contributed by atoms with Crippen LogP contribution in [-0.4, -0.2) is 55.3 Å². The van der Waals surface area contributed by atoms with Crippen molar-refractivity contribution in [2.24, 2.45) is 5.92 Å². The standard InChI is InChI=1S/C24H29N9O/c1-16(2)32-15-26-20-21(31(3)18-7-4-5-8-19(18)33-14-6-11-27-33)28-24(29-22(20)32)30-23(34)17-9-12-25-13-10-17/h4-8,11,14-17,25H,9-10,12-13H2,1-3H3,(H,28,29,30,34). The summed E-state index contributed by atoms with van der Waals surface area (Å²) >= 11 is 0. The number of para-hydroxylation sites is 2. The topological polar surface area (TPSA) is 106 Å². The van der Waals surface area contributed by atoms with E-state index in [0.29, 0.717) is 17.0 Å². The molecule has 0 aliphatic carbocycles. The number of benzene rings is 1. The second-order valence-corrected chi connectivity index (χ2v) is 8.80. The monoisotopic (exact) mass is 459 g/mol. The molecular formula is C24H29N9O. The fourth-order valence-corrected chi connectivity index (χ4v) is 4.33. The van der Waals surface area contributed by atoms with Crippen molar-refractivity contribution in [1.29, 1.82) is 0 Å². The lowest BCUT2D eigenvalue weighted by atomic mass is 9.97. The van der Waals surface area contributed by atoms with Crippen LogP contribution in [0.25, 0.3) is 16.9 Å². The van der Waals surface area contributed by atoms with E-state index < -0.39 is 0 Å². The SMILES string of the molecule is CC(C)n1cnc2c(N(C)c3ccccc3-n3cccn3)nc(NC(=O)C3CCNCC3)nc21. The number of hydrogen-bond donors (Lipinski definition) is 2. The number of nitrogens with zero attached hydrogens (tertiary/aromatic N) is 7. The van der Waals surface area contributed by atoms with Crippen LogP contribution in [0.3, 0.4) is 0 Å². The predicted octanol–water partition coefficient (Wildman–Crippen LogP) is 3.30. The fraction of sp³-hybridized carbons (Fsp3) is 0.375. The number of carbonyl (C=O) groups excluding carboxylic acids is 1. The van der Waals surface area contributed by atoms with Gasteiger partial charge in [-0.1, -0.05) is 12.1 Å². The second kappa shape index (κ2) is 9.22. The third-order valence-electron chi connectivity index (χ3n) is 6.22. The Morgan fingerprint density at radius 2 is 1.97 bits per heavy atom. The molecular weight excluding hydrogens is 430 g/mol. The van der Waals surface area contributed by atoms with Gasteiger partial charge in [-0.05, 0) is 58.0 Å². The number of fused-ring (bicyclic) bond motifs is 1. The van der Waals surface area contributed by atoms with Gasteiger partial charge in [-0.15, -0.1) is 0 Å². The van der Waals surface area contributed by atoms with Gasteiger partial charge in [0.15, 0.2) is 17.0 Å². The Morgan fingerprint density at radius 1 is 1.18 bits per heavy atom. The molecule has 176 valence electrons. The molecule has 0 atom stereocenters. The molecule has 5 rings (SSSR count). The summed E-state index contributed by atoms with van der Waals surface area (Å²) in [6, 6.07) is 10.0. The van der Waals surface area contributed by atoms with Crippen LogP contribution < -0.4 is 15.5 Å². The summed E-state index contributed by atoms with van der Waals surface area (Å²) < 4.78 is 3.81. The van der Waals surface area contributed by atoms with Crippen molar-refractivity contribution in [3.05, 3.63) is 49.1 Å². The van der Waals surface area contributed by atoms with Crippen LogP contribution in [0, 0.1) is 5.92 Å². The fourth-order valence-electron chi connectivity index (χ4n) is 4.33. The van der Waals surface area contributed by atoms with Crippen LogP contribution in [-0.2, 0) is 4.79 Å². The molecule has 3 aromatic heterocycles. The van der Waals surface area contributed by atoms with E-state index in [1.807, 2.05) is 57.7 Å². The van der Waals surface area contributed by atoms with Crippen molar-refractivity contribution in [3.8, 4) is 5.69 Å². The van der Waals surface area contributed by atoms with E-state index in [9.17, 15) is 4.79 Å². The maximum absolute atomic E-state index is 13.0. The van der Waals surface area contributed by atoms with E-state index >= 15 is 0 Å². The molecule has 1 aliphatic rings. The molecule has 10 nitrogen and oxygen atoms in total. The van der Waals surface area contributed by atoms with Gasteiger partial charge in [-0.2, -0.15) is 15.1 Å². The first kappa shape index (κ1) is 22.0. The Balaban J connectivity index is 1.58. The molecule has 0 radical (unpaired) electrons. The Hall–Kier alpha value is -3.79. The van der Waals surface area contributed by atoms with Gasteiger partial charge in [0.25, 0.3) is 0 Å². The molecule has 1 amide bonds. The van der Waals surface area contributed by atoms with Gasteiger partial charge in [0.2, 0.25) is 11.9 Å². The van der Waals surface area contributed by atoms with Gasteiger partial charge in [0.05, 0.1) is 17.7 Å². The molecule has 1 saturated heterocycles.